The van der Waals surface area contributed by atoms with E-state index in [9.17, 15) is 9.59 Å². The molecule has 0 radical (unpaired) electrons. The highest BCUT2D eigenvalue weighted by molar-refractivity contribution is 5.94. The van der Waals surface area contributed by atoms with Gasteiger partial charge in [0.25, 0.3) is 0 Å². The second-order valence-electron chi connectivity index (χ2n) is 8.34. The van der Waals surface area contributed by atoms with Gasteiger partial charge in [-0.2, -0.15) is 0 Å². The average Bonchev–Trinajstić information content (AvgIpc) is 3.39. The molecule has 6 nitrogen and oxygen atoms in total. The molecule has 0 aliphatic carbocycles. The average molecular weight is 419 g/mol. The zero-order valence-electron chi connectivity index (χ0n) is 18.5. The predicted molar refractivity (Wildman–Crippen MR) is 123 cm³/mol. The van der Waals surface area contributed by atoms with Gasteiger partial charge in [0, 0.05) is 24.7 Å². The Balaban J connectivity index is 1.74. The summed E-state index contributed by atoms with van der Waals surface area (Å²) in [5.74, 6) is 0.961. The van der Waals surface area contributed by atoms with Gasteiger partial charge in [0.1, 0.15) is 12.4 Å². The van der Waals surface area contributed by atoms with Crippen molar-refractivity contribution in [2.24, 2.45) is 0 Å². The first-order chi connectivity index (χ1) is 15.0. The minimum Gasteiger partial charge on any atom is -0.333 e. The molecule has 4 rings (SSSR count). The third kappa shape index (κ3) is 4.07. The highest BCUT2D eigenvalue weighted by atomic mass is 16.2. The number of carbonyl (C=O) groups is 2. The van der Waals surface area contributed by atoms with Crippen molar-refractivity contribution < 1.29 is 9.59 Å². The van der Waals surface area contributed by atoms with Crippen molar-refractivity contribution in [2.75, 3.05) is 11.4 Å². The normalized spacial score (nSPS) is 16.3. The number of aromatic nitrogens is 2. The Kier molecular flexibility index (Phi) is 6.07. The Morgan fingerprint density at radius 1 is 1.10 bits per heavy atom. The molecule has 0 unspecified atom stereocenters. The number of para-hydroxylation sites is 3. The number of anilines is 1. The van der Waals surface area contributed by atoms with Crippen LogP contribution in [0.5, 0.6) is 0 Å². The molecule has 0 N–H and O–H groups in total. The number of likely N-dealkylation sites (tertiary alicyclic amines) is 1. The Bertz CT molecular complexity index is 1070. The number of hydrogen-bond donors (Lipinski definition) is 0. The van der Waals surface area contributed by atoms with Crippen molar-refractivity contribution >= 4 is 28.5 Å². The summed E-state index contributed by atoms with van der Waals surface area (Å²) in [6.45, 7) is 6.88. The third-order valence-electron chi connectivity index (χ3n) is 5.97. The molecule has 0 bridgehead atoms. The summed E-state index contributed by atoms with van der Waals surface area (Å²) in [7, 11) is 0. The minimum absolute atomic E-state index is 0.0111. The quantitative estimate of drug-likeness (QED) is 0.590. The first kappa shape index (κ1) is 21.1. The molecule has 162 valence electrons. The van der Waals surface area contributed by atoms with Crippen LogP contribution in [0.25, 0.3) is 11.0 Å². The van der Waals surface area contributed by atoms with Crippen LogP contribution in [0.1, 0.15) is 51.9 Å². The molecule has 6 heteroatoms. The largest absolute Gasteiger partial charge is 0.333 e. The standard InChI is InChI=1S/C25H30N4O2/c1-4-23(30)27-16-10-15-22(27)25-26-20-13-8-9-14-21(20)28(25)17-24(31)29(18(2)3)19-11-6-5-7-12-19/h5-9,11-14,18,22H,4,10,15-17H2,1-3H3/t22-/m0/s1. The third-order valence-corrected chi connectivity index (χ3v) is 5.97. The molecule has 1 saturated heterocycles. The van der Waals surface area contributed by atoms with Crippen molar-refractivity contribution in [3.8, 4) is 0 Å². The van der Waals surface area contributed by atoms with Crippen molar-refractivity contribution in [3.63, 3.8) is 0 Å². The smallest absolute Gasteiger partial charge is 0.247 e. The lowest BCUT2D eigenvalue weighted by atomic mass is 10.2. The number of benzene rings is 2. The molecule has 2 heterocycles. The van der Waals surface area contributed by atoms with E-state index in [0.29, 0.717) is 6.42 Å². The summed E-state index contributed by atoms with van der Waals surface area (Å²) in [5.41, 5.74) is 2.67. The van der Waals surface area contributed by atoms with Crippen LogP contribution in [0.3, 0.4) is 0 Å². The fourth-order valence-electron chi connectivity index (χ4n) is 4.58. The fourth-order valence-corrected chi connectivity index (χ4v) is 4.58. The van der Waals surface area contributed by atoms with Crippen LogP contribution >= 0.6 is 0 Å². The number of hydrogen-bond acceptors (Lipinski definition) is 3. The van der Waals surface area contributed by atoms with Crippen LogP contribution < -0.4 is 4.90 Å². The summed E-state index contributed by atoms with van der Waals surface area (Å²) in [6.07, 6.45) is 2.30. The van der Waals surface area contributed by atoms with E-state index in [4.69, 9.17) is 4.98 Å². The predicted octanol–water partition coefficient (Wildman–Crippen LogP) is 4.55. The molecule has 2 aromatic carbocycles. The van der Waals surface area contributed by atoms with Crippen molar-refractivity contribution in [1.29, 1.82) is 0 Å². The van der Waals surface area contributed by atoms with E-state index in [1.807, 2.05) is 89.7 Å². The van der Waals surface area contributed by atoms with Crippen LogP contribution in [0.4, 0.5) is 5.69 Å². The maximum atomic E-state index is 13.5. The summed E-state index contributed by atoms with van der Waals surface area (Å²) in [5, 5.41) is 0. The molecular formula is C25H30N4O2. The summed E-state index contributed by atoms with van der Waals surface area (Å²) >= 11 is 0. The Hall–Kier alpha value is -3.15. The van der Waals surface area contributed by atoms with Gasteiger partial charge in [-0.15, -0.1) is 0 Å². The van der Waals surface area contributed by atoms with Crippen LogP contribution in [0, 0.1) is 0 Å². The molecule has 1 aromatic heterocycles. The van der Waals surface area contributed by atoms with E-state index >= 15 is 0 Å². The number of rotatable bonds is 6. The molecular weight excluding hydrogens is 388 g/mol. The number of amides is 2. The monoisotopic (exact) mass is 418 g/mol. The summed E-state index contributed by atoms with van der Waals surface area (Å²) in [6, 6.07) is 17.6. The molecule has 0 saturated carbocycles. The second-order valence-corrected chi connectivity index (χ2v) is 8.34. The van der Waals surface area contributed by atoms with Gasteiger partial charge in [-0.25, -0.2) is 4.98 Å². The highest BCUT2D eigenvalue weighted by Gasteiger charge is 2.34. The van der Waals surface area contributed by atoms with E-state index in [-0.39, 0.29) is 30.4 Å². The van der Waals surface area contributed by atoms with Gasteiger partial charge in [0.2, 0.25) is 11.8 Å². The number of fused-ring (bicyclic) bond motifs is 1. The van der Waals surface area contributed by atoms with Crippen molar-refractivity contribution in [3.05, 3.63) is 60.4 Å². The summed E-state index contributed by atoms with van der Waals surface area (Å²) < 4.78 is 2.02. The van der Waals surface area contributed by atoms with E-state index < -0.39 is 0 Å². The zero-order chi connectivity index (χ0) is 22.0. The highest BCUT2D eigenvalue weighted by Crippen LogP contribution is 2.34. The number of nitrogens with zero attached hydrogens (tertiary/aromatic N) is 4. The first-order valence-electron chi connectivity index (χ1n) is 11.1. The van der Waals surface area contributed by atoms with Crippen molar-refractivity contribution in [2.45, 2.75) is 58.7 Å². The molecule has 1 atom stereocenters. The summed E-state index contributed by atoms with van der Waals surface area (Å²) in [4.78, 5) is 34.7. The molecule has 1 aliphatic rings. The lowest BCUT2D eigenvalue weighted by molar-refractivity contribution is -0.131. The van der Waals surface area contributed by atoms with E-state index in [1.54, 1.807) is 0 Å². The van der Waals surface area contributed by atoms with E-state index in [2.05, 4.69) is 0 Å². The molecule has 1 fully saturated rings. The molecule has 0 spiro atoms. The Morgan fingerprint density at radius 2 is 1.81 bits per heavy atom. The lowest BCUT2D eigenvalue weighted by Gasteiger charge is -2.29. The van der Waals surface area contributed by atoms with Crippen LogP contribution in [-0.2, 0) is 16.1 Å². The maximum Gasteiger partial charge on any atom is 0.247 e. The molecule has 3 aromatic rings. The maximum absolute atomic E-state index is 13.5. The Labute approximate surface area is 183 Å². The van der Waals surface area contributed by atoms with Gasteiger partial charge in [0.05, 0.1) is 17.1 Å². The van der Waals surface area contributed by atoms with Gasteiger partial charge in [-0.3, -0.25) is 9.59 Å². The fraction of sp³-hybridized carbons (Fsp3) is 0.400. The van der Waals surface area contributed by atoms with Crippen LogP contribution in [0.15, 0.2) is 54.6 Å². The van der Waals surface area contributed by atoms with Gasteiger partial charge in [-0.05, 0) is 51.0 Å². The second kappa shape index (κ2) is 8.92. The number of imidazole rings is 1. The van der Waals surface area contributed by atoms with Gasteiger partial charge in [0.15, 0.2) is 0 Å². The minimum atomic E-state index is -0.0862. The topological polar surface area (TPSA) is 58.4 Å². The lowest BCUT2D eigenvalue weighted by Crippen LogP contribution is -2.40. The zero-order valence-corrected chi connectivity index (χ0v) is 18.5. The molecule has 1 aliphatic heterocycles. The SMILES string of the molecule is CCC(=O)N1CCC[C@H]1c1nc2ccccc2n1CC(=O)N(c1ccccc1)C(C)C. The van der Waals surface area contributed by atoms with E-state index in [0.717, 1.165) is 41.9 Å². The van der Waals surface area contributed by atoms with Gasteiger partial charge in [-0.1, -0.05) is 37.3 Å². The first-order valence-corrected chi connectivity index (χ1v) is 11.1. The molecule has 31 heavy (non-hydrogen) atoms. The Morgan fingerprint density at radius 3 is 2.52 bits per heavy atom. The van der Waals surface area contributed by atoms with Crippen molar-refractivity contribution in [1.82, 2.24) is 14.5 Å². The van der Waals surface area contributed by atoms with Crippen LogP contribution in [-0.4, -0.2) is 38.9 Å². The number of carbonyl (C=O) groups excluding carboxylic acids is 2. The van der Waals surface area contributed by atoms with Gasteiger partial charge >= 0.3 is 0 Å². The molecule has 2 amide bonds. The van der Waals surface area contributed by atoms with Gasteiger partial charge < -0.3 is 14.4 Å². The van der Waals surface area contributed by atoms with E-state index in [1.165, 1.54) is 0 Å². The van der Waals surface area contributed by atoms with Crippen LogP contribution in [0.2, 0.25) is 0 Å².